The standard InChI is InChI=1S/C18H24N6O2S/c25-16-15(27-18(26)23-16)9-13-1-6-21-17(22-13)24-7-3-12(4-8-24)10-19-11-14-2-5-20-14/h1,6,9,12,14,19-20H,2-5,7-8,10-11H2,(H,23,25,26)/b15-9+. The van der Waals surface area contributed by atoms with E-state index in [1.807, 2.05) is 0 Å². The highest BCUT2D eigenvalue weighted by Gasteiger charge is 2.26. The van der Waals surface area contributed by atoms with E-state index in [0.717, 1.165) is 57.3 Å². The van der Waals surface area contributed by atoms with E-state index in [4.69, 9.17) is 0 Å². The van der Waals surface area contributed by atoms with Gasteiger partial charge in [0.05, 0.1) is 10.6 Å². The van der Waals surface area contributed by atoms with Crippen molar-refractivity contribution in [1.82, 2.24) is 25.9 Å². The molecule has 2 amide bonds. The zero-order chi connectivity index (χ0) is 18.6. The third kappa shape index (κ3) is 4.66. The molecule has 3 saturated heterocycles. The number of hydrogen-bond acceptors (Lipinski definition) is 8. The number of nitrogens with zero attached hydrogens (tertiary/aromatic N) is 3. The fraction of sp³-hybridized carbons (Fsp3) is 0.556. The van der Waals surface area contributed by atoms with Gasteiger partial charge in [-0.3, -0.25) is 14.9 Å². The van der Waals surface area contributed by atoms with Crippen LogP contribution in [0.25, 0.3) is 6.08 Å². The summed E-state index contributed by atoms with van der Waals surface area (Å²) in [6.07, 6.45) is 6.86. The maximum absolute atomic E-state index is 11.7. The summed E-state index contributed by atoms with van der Waals surface area (Å²) in [7, 11) is 0. The van der Waals surface area contributed by atoms with Crippen LogP contribution in [0.2, 0.25) is 0 Å². The summed E-state index contributed by atoms with van der Waals surface area (Å²) in [5.74, 6) is 1.01. The normalized spacial score (nSPS) is 25.0. The van der Waals surface area contributed by atoms with Crippen LogP contribution < -0.4 is 20.9 Å². The molecule has 4 heterocycles. The largest absolute Gasteiger partial charge is 0.341 e. The van der Waals surface area contributed by atoms with Crippen molar-refractivity contribution in [2.75, 3.05) is 37.6 Å². The molecule has 144 valence electrons. The van der Waals surface area contributed by atoms with E-state index in [0.29, 0.717) is 28.5 Å². The maximum atomic E-state index is 11.7. The SMILES string of the molecule is O=C1NC(=O)/C(=C\c2ccnc(N3CCC(CNCC4CCN4)CC3)n2)S1. The molecular formula is C18H24N6O2S. The van der Waals surface area contributed by atoms with E-state index in [1.54, 1.807) is 18.3 Å². The monoisotopic (exact) mass is 388 g/mol. The van der Waals surface area contributed by atoms with Crippen molar-refractivity contribution in [2.45, 2.75) is 25.3 Å². The summed E-state index contributed by atoms with van der Waals surface area (Å²) in [4.78, 5) is 34.5. The average molecular weight is 388 g/mol. The molecule has 0 spiro atoms. The Kier molecular flexibility index (Phi) is 5.70. The van der Waals surface area contributed by atoms with E-state index in [1.165, 1.54) is 6.42 Å². The lowest BCUT2D eigenvalue weighted by atomic mass is 9.96. The Labute approximate surface area is 162 Å². The molecule has 4 rings (SSSR count). The average Bonchev–Trinajstić information content (AvgIpc) is 2.95. The van der Waals surface area contributed by atoms with Gasteiger partial charge in [0.15, 0.2) is 0 Å². The molecule has 3 aliphatic rings. The molecule has 0 saturated carbocycles. The molecule has 1 unspecified atom stereocenters. The van der Waals surface area contributed by atoms with Crippen LogP contribution in [0.3, 0.4) is 0 Å². The van der Waals surface area contributed by atoms with Gasteiger partial charge in [0.1, 0.15) is 0 Å². The molecule has 3 aliphatic heterocycles. The second kappa shape index (κ2) is 8.37. The van der Waals surface area contributed by atoms with E-state index >= 15 is 0 Å². The number of carbonyl (C=O) groups excluding carboxylic acids is 2. The predicted molar refractivity (Wildman–Crippen MR) is 105 cm³/mol. The molecular weight excluding hydrogens is 364 g/mol. The molecule has 0 radical (unpaired) electrons. The maximum Gasteiger partial charge on any atom is 0.290 e. The molecule has 8 nitrogen and oxygen atoms in total. The van der Waals surface area contributed by atoms with Crippen LogP contribution in [0.4, 0.5) is 10.7 Å². The minimum atomic E-state index is -0.365. The number of aromatic nitrogens is 2. The number of imide groups is 1. The van der Waals surface area contributed by atoms with Gasteiger partial charge >= 0.3 is 0 Å². The second-order valence-electron chi connectivity index (χ2n) is 7.16. The topological polar surface area (TPSA) is 99.2 Å². The van der Waals surface area contributed by atoms with Gasteiger partial charge in [0.25, 0.3) is 11.1 Å². The Morgan fingerprint density at radius 1 is 1.26 bits per heavy atom. The summed E-state index contributed by atoms with van der Waals surface area (Å²) in [6.45, 7) is 5.15. The lowest BCUT2D eigenvalue weighted by Crippen LogP contribution is -2.50. The van der Waals surface area contributed by atoms with Gasteiger partial charge < -0.3 is 15.5 Å². The summed E-state index contributed by atoms with van der Waals surface area (Å²) in [5, 5.41) is 8.90. The van der Waals surface area contributed by atoms with Crippen LogP contribution in [0.1, 0.15) is 25.0 Å². The number of anilines is 1. The van der Waals surface area contributed by atoms with Crippen molar-refractivity contribution in [1.29, 1.82) is 0 Å². The van der Waals surface area contributed by atoms with Crippen LogP contribution >= 0.6 is 11.8 Å². The fourth-order valence-corrected chi connectivity index (χ4v) is 4.14. The van der Waals surface area contributed by atoms with Crippen LogP contribution in [0.15, 0.2) is 17.2 Å². The van der Waals surface area contributed by atoms with Crippen LogP contribution in [-0.4, -0.2) is 59.9 Å². The van der Waals surface area contributed by atoms with Crippen molar-refractivity contribution >= 4 is 34.9 Å². The number of nitrogens with one attached hydrogen (secondary N) is 3. The van der Waals surface area contributed by atoms with Gasteiger partial charge in [-0.1, -0.05) is 0 Å². The number of amides is 2. The number of rotatable bonds is 6. The Balaban J connectivity index is 1.30. The first-order valence-corrected chi connectivity index (χ1v) is 10.3. The summed E-state index contributed by atoms with van der Waals surface area (Å²) >= 11 is 0.902. The number of piperidine rings is 1. The van der Waals surface area contributed by atoms with Gasteiger partial charge in [-0.2, -0.15) is 0 Å². The summed E-state index contributed by atoms with van der Waals surface area (Å²) < 4.78 is 0. The molecule has 1 atom stereocenters. The molecule has 0 aromatic carbocycles. The number of carbonyl (C=O) groups is 2. The Bertz CT molecular complexity index is 743. The van der Waals surface area contributed by atoms with Crippen LogP contribution in [-0.2, 0) is 4.79 Å². The minimum absolute atomic E-state index is 0.343. The first-order valence-electron chi connectivity index (χ1n) is 9.44. The van der Waals surface area contributed by atoms with Crippen molar-refractivity contribution in [3.05, 3.63) is 22.9 Å². The molecule has 27 heavy (non-hydrogen) atoms. The highest BCUT2D eigenvalue weighted by Crippen LogP contribution is 2.26. The van der Waals surface area contributed by atoms with Crippen molar-refractivity contribution in [2.24, 2.45) is 5.92 Å². The highest BCUT2D eigenvalue weighted by atomic mass is 32.2. The highest BCUT2D eigenvalue weighted by molar-refractivity contribution is 8.18. The minimum Gasteiger partial charge on any atom is -0.341 e. The smallest absolute Gasteiger partial charge is 0.290 e. The number of hydrogen-bond donors (Lipinski definition) is 3. The zero-order valence-corrected chi connectivity index (χ0v) is 15.9. The van der Waals surface area contributed by atoms with Gasteiger partial charge in [0.2, 0.25) is 5.95 Å². The molecule has 3 fully saturated rings. The van der Waals surface area contributed by atoms with Crippen LogP contribution in [0, 0.1) is 5.92 Å². The molecule has 3 N–H and O–H groups in total. The Hall–Kier alpha value is -1.97. The number of thioether (sulfide) groups is 1. The molecule has 0 aliphatic carbocycles. The molecule has 1 aromatic heterocycles. The summed E-state index contributed by atoms with van der Waals surface area (Å²) in [5.41, 5.74) is 0.643. The van der Waals surface area contributed by atoms with Crippen LogP contribution in [0.5, 0.6) is 0 Å². The van der Waals surface area contributed by atoms with Gasteiger partial charge in [-0.15, -0.1) is 0 Å². The quantitative estimate of drug-likeness (QED) is 0.620. The van der Waals surface area contributed by atoms with E-state index in [2.05, 4.69) is 30.8 Å². The third-order valence-electron chi connectivity index (χ3n) is 5.23. The van der Waals surface area contributed by atoms with E-state index in [-0.39, 0.29) is 11.1 Å². The molecule has 0 bridgehead atoms. The second-order valence-corrected chi connectivity index (χ2v) is 8.18. The zero-order valence-electron chi connectivity index (χ0n) is 15.1. The molecule has 1 aromatic rings. The Morgan fingerprint density at radius 2 is 2.07 bits per heavy atom. The summed E-state index contributed by atoms with van der Waals surface area (Å²) in [6, 6.07) is 2.41. The van der Waals surface area contributed by atoms with Gasteiger partial charge in [-0.05, 0) is 62.2 Å². The van der Waals surface area contributed by atoms with E-state index < -0.39 is 0 Å². The van der Waals surface area contributed by atoms with Crippen molar-refractivity contribution in [3.8, 4) is 0 Å². The molecule has 9 heteroatoms. The lowest BCUT2D eigenvalue weighted by molar-refractivity contribution is -0.115. The first kappa shape index (κ1) is 18.4. The predicted octanol–water partition coefficient (Wildman–Crippen LogP) is 0.968. The fourth-order valence-electron chi connectivity index (χ4n) is 3.47. The lowest BCUT2D eigenvalue weighted by Gasteiger charge is -2.33. The van der Waals surface area contributed by atoms with Gasteiger partial charge in [0, 0.05) is 31.9 Å². The third-order valence-corrected chi connectivity index (χ3v) is 6.04. The van der Waals surface area contributed by atoms with E-state index in [9.17, 15) is 9.59 Å². The first-order chi connectivity index (χ1) is 13.2. The Morgan fingerprint density at radius 3 is 2.74 bits per heavy atom. The van der Waals surface area contributed by atoms with Crippen molar-refractivity contribution < 1.29 is 9.59 Å². The van der Waals surface area contributed by atoms with Crippen molar-refractivity contribution in [3.63, 3.8) is 0 Å². The van der Waals surface area contributed by atoms with Gasteiger partial charge in [-0.25, -0.2) is 9.97 Å².